The molecule has 2 N–H and O–H groups in total. The number of likely N-dealkylation sites (N-methyl/N-ethyl adjacent to an activating group) is 1. The van der Waals surface area contributed by atoms with E-state index in [4.69, 9.17) is 22.7 Å². The fourth-order valence-electron chi connectivity index (χ4n) is 1.92. The summed E-state index contributed by atoms with van der Waals surface area (Å²) in [4.78, 5) is 2.72. The van der Waals surface area contributed by atoms with Gasteiger partial charge in [0.15, 0.2) is 0 Å². The number of hydrogen-bond donors (Lipinski definition) is 1. The molecule has 0 aromatic heterocycles. The fourth-order valence-corrected chi connectivity index (χ4v) is 2.06. The second kappa shape index (κ2) is 6.98. The van der Waals surface area contributed by atoms with Gasteiger partial charge in [-0.3, -0.25) is 4.90 Å². The number of rotatable bonds is 8. The van der Waals surface area contributed by atoms with Gasteiger partial charge >= 0.3 is 0 Å². The van der Waals surface area contributed by atoms with Crippen LogP contribution < -0.4 is 5.73 Å². The van der Waals surface area contributed by atoms with E-state index in [9.17, 15) is 0 Å². The molecule has 0 bridgehead atoms. The zero-order valence-electron chi connectivity index (χ0n) is 11.5. The lowest BCUT2D eigenvalue weighted by Gasteiger charge is -2.16. The Morgan fingerprint density at radius 3 is 2.63 bits per heavy atom. The van der Waals surface area contributed by atoms with Gasteiger partial charge in [0.1, 0.15) is 4.99 Å². The maximum Gasteiger partial charge on any atom is 0.103 e. The summed E-state index contributed by atoms with van der Waals surface area (Å²) in [6.07, 6.45) is 2.70. The summed E-state index contributed by atoms with van der Waals surface area (Å²) in [6.45, 7) is 3.64. The minimum atomic E-state index is 0.452. The highest BCUT2D eigenvalue weighted by atomic mass is 32.1. The van der Waals surface area contributed by atoms with Crippen LogP contribution in [-0.4, -0.2) is 36.7 Å². The molecule has 3 nitrogen and oxygen atoms in total. The van der Waals surface area contributed by atoms with Crippen molar-refractivity contribution in [2.75, 3.05) is 26.8 Å². The number of nitrogens with two attached hydrogens (primary N) is 1. The molecule has 2 rings (SSSR count). The first-order chi connectivity index (χ1) is 9.15. The summed E-state index contributed by atoms with van der Waals surface area (Å²) in [5, 5.41) is 0. The number of benzene rings is 1. The lowest BCUT2D eigenvalue weighted by atomic mass is 10.1. The van der Waals surface area contributed by atoms with Crippen LogP contribution in [0.2, 0.25) is 0 Å². The molecule has 104 valence electrons. The third-order valence-electron chi connectivity index (χ3n) is 3.36. The van der Waals surface area contributed by atoms with Gasteiger partial charge in [-0.15, -0.1) is 0 Å². The Hall–Kier alpha value is -0.970. The van der Waals surface area contributed by atoms with Crippen molar-refractivity contribution < 1.29 is 4.74 Å². The van der Waals surface area contributed by atoms with Crippen LogP contribution in [0.3, 0.4) is 0 Å². The van der Waals surface area contributed by atoms with Gasteiger partial charge in [-0.25, -0.2) is 0 Å². The predicted octanol–water partition coefficient (Wildman–Crippen LogP) is 2.18. The molecular formula is C15H22N2OS. The molecule has 0 aliphatic heterocycles. The van der Waals surface area contributed by atoms with E-state index in [0.717, 1.165) is 37.8 Å². The molecule has 1 fully saturated rings. The van der Waals surface area contributed by atoms with Crippen molar-refractivity contribution in [2.45, 2.75) is 19.4 Å². The smallest absolute Gasteiger partial charge is 0.103 e. The number of thiocarbonyl (C=S) groups is 1. The van der Waals surface area contributed by atoms with Crippen molar-refractivity contribution in [3.63, 3.8) is 0 Å². The summed E-state index contributed by atoms with van der Waals surface area (Å²) in [6, 6.07) is 8.12. The van der Waals surface area contributed by atoms with Crippen LogP contribution in [0.15, 0.2) is 24.3 Å². The minimum absolute atomic E-state index is 0.452. The fraction of sp³-hybridized carbons (Fsp3) is 0.533. The molecule has 0 radical (unpaired) electrons. The van der Waals surface area contributed by atoms with E-state index in [1.807, 2.05) is 12.1 Å². The van der Waals surface area contributed by atoms with Crippen molar-refractivity contribution in [3.05, 3.63) is 35.4 Å². The first kappa shape index (κ1) is 14.4. The van der Waals surface area contributed by atoms with Crippen molar-refractivity contribution >= 4 is 17.2 Å². The Kier molecular flexibility index (Phi) is 5.31. The van der Waals surface area contributed by atoms with Crippen molar-refractivity contribution in [1.29, 1.82) is 0 Å². The molecular weight excluding hydrogens is 256 g/mol. The molecule has 1 aliphatic rings. The Bertz CT molecular complexity index is 415. The first-order valence-electron chi connectivity index (χ1n) is 6.80. The third-order valence-corrected chi connectivity index (χ3v) is 3.59. The van der Waals surface area contributed by atoms with Crippen LogP contribution in [0.1, 0.15) is 24.0 Å². The molecule has 0 saturated heterocycles. The van der Waals surface area contributed by atoms with Crippen LogP contribution in [0.5, 0.6) is 0 Å². The monoisotopic (exact) mass is 278 g/mol. The van der Waals surface area contributed by atoms with E-state index in [1.54, 1.807) is 0 Å². The Morgan fingerprint density at radius 2 is 2.05 bits per heavy atom. The van der Waals surface area contributed by atoms with Crippen LogP contribution in [-0.2, 0) is 11.3 Å². The normalized spacial score (nSPS) is 14.8. The Labute approximate surface area is 120 Å². The minimum Gasteiger partial charge on any atom is -0.389 e. The summed E-state index contributed by atoms with van der Waals surface area (Å²) >= 11 is 4.94. The van der Waals surface area contributed by atoms with Gasteiger partial charge in [0, 0.05) is 25.3 Å². The van der Waals surface area contributed by atoms with E-state index in [2.05, 4.69) is 24.1 Å². The van der Waals surface area contributed by atoms with E-state index in [1.165, 1.54) is 18.4 Å². The van der Waals surface area contributed by atoms with E-state index < -0.39 is 0 Å². The number of nitrogens with zero attached hydrogens (tertiary/aromatic N) is 1. The summed E-state index contributed by atoms with van der Waals surface area (Å²) in [5.41, 5.74) is 7.77. The molecule has 1 saturated carbocycles. The predicted molar refractivity (Wildman–Crippen MR) is 82.2 cm³/mol. The van der Waals surface area contributed by atoms with E-state index in [-0.39, 0.29) is 0 Å². The highest BCUT2D eigenvalue weighted by Crippen LogP contribution is 2.28. The van der Waals surface area contributed by atoms with Crippen LogP contribution in [0.25, 0.3) is 0 Å². The van der Waals surface area contributed by atoms with Gasteiger partial charge in [0.05, 0.1) is 6.61 Å². The van der Waals surface area contributed by atoms with Crippen molar-refractivity contribution in [2.24, 2.45) is 11.7 Å². The van der Waals surface area contributed by atoms with Gasteiger partial charge in [-0.2, -0.15) is 0 Å². The zero-order valence-corrected chi connectivity index (χ0v) is 12.3. The van der Waals surface area contributed by atoms with Crippen LogP contribution in [0.4, 0.5) is 0 Å². The van der Waals surface area contributed by atoms with Gasteiger partial charge in [0.2, 0.25) is 0 Å². The second-order valence-electron chi connectivity index (χ2n) is 5.32. The molecule has 0 atom stereocenters. The molecule has 1 aliphatic carbocycles. The molecule has 0 unspecified atom stereocenters. The summed E-state index contributed by atoms with van der Waals surface area (Å²) < 4.78 is 5.64. The average Bonchev–Trinajstić information content (AvgIpc) is 3.19. The van der Waals surface area contributed by atoms with Crippen LogP contribution in [0, 0.1) is 5.92 Å². The highest BCUT2D eigenvalue weighted by molar-refractivity contribution is 7.80. The molecule has 19 heavy (non-hydrogen) atoms. The molecule has 4 heteroatoms. The summed E-state index contributed by atoms with van der Waals surface area (Å²) in [5.74, 6) is 0.845. The number of ether oxygens (including phenoxy) is 1. The molecule has 0 spiro atoms. The van der Waals surface area contributed by atoms with E-state index in [0.29, 0.717) is 4.99 Å². The quantitative estimate of drug-likeness (QED) is 0.584. The van der Waals surface area contributed by atoms with E-state index >= 15 is 0 Å². The molecule has 0 amide bonds. The SMILES string of the molecule is CN(CCOCC1CC1)Cc1ccc(C(N)=S)cc1. The third kappa shape index (κ3) is 5.27. The largest absolute Gasteiger partial charge is 0.389 e. The van der Waals surface area contributed by atoms with Gasteiger partial charge in [-0.05, 0) is 31.4 Å². The van der Waals surface area contributed by atoms with Crippen molar-refractivity contribution in [1.82, 2.24) is 4.90 Å². The van der Waals surface area contributed by atoms with Gasteiger partial charge < -0.3 is 10.5 Å². The first-order valence-corrected chi connectivity index (χ1v) is 7.21. The van der Waals surface area contributed by atoms with Crippen LogP contribution >= 0.6 is 12.2 Å². The molecule has 1 aromatic carbocycles. The zero-order chi connectivity index (χ0) is 13.7. The standard InChI is InChI=1S/C15H22N2OS/c1-17(8-9-18-11-13-2-3-13)10-12-4-6-14(7-5-12)15(16)19/h4-7,13H,2-3,8-11H2,1H3,(H2,16,19). The molecule has 0 heterocycles. The molecule has 1 aromatic rings. The maximum absolute atomic E-state index is 5.64. The van der Waals surface area contributed by atoms with Gasteiger partial charge in [0.25, 0.3) is 0 Å². The summed E-state index contributed by atoms with van der Waals surface area (Å²) in [7, 11) is 2.11. The topological polar surface area (TPSA) is 38.5 Å². The average molecular weight is 278 g/mol. The lowest BCUT2D eigenvalue weighted by Crippen LogP contribution is -2.23. The Balaban J connectivity index is 1.68. The highest BCUT2D eigenvalue weighted by Gasteiger charge is 2.20. The lowest BCUT2D eigenvalue weighted by molar-refractivity contribution is 0.102. The Morgan fingerprint density at radius 1 is 1.37 bits per heavy atom. The second-order valence-corrected chi connectivity index (χ2v) is 5.76. The van der Waals surface area contributed by atoms with Gasteiger partial charge in [-0.1, -0.05) is 36.5 Å². The van der Waals surface area contributed by atoms with Crippen molar-refractivity contribution in [3.8, 4) is 0 Å². The maximum atomic E-state index is 5.64. The number of hydrogen-bond acceptors (Lipinski definition) is 3.